The Hall–Kier alpha value is -5.22. The first-order chi connectivity index (χ1) is 33.1. The zero-order chi connectivity index (χ0) is 52.5. The first kappa shape index (κ1) is 50.3. The van der Waals surface area contributed by atoms with Crippen LogP contribution in [-0.2, 0) is 32.5 Å². The van der Waals surface area contributed by atoms with Gasteiger partial charge in [-0.2, -0.15) is 0 Å². The van der Waals surface area contributed by atoms with Crippen molar-refractivity contribution in [2.24, 2.45) is 10.8 Å². The van der Waals surface area contributed by atoms with Gasteiger partial charge < -0.3 is 14.7 Å². The summed E-state index contributed by atoms with van der Waals surface area (Å²) in [6.45, 7) is 50.7. The molecule has 1 aliphatic carbocycles. The third-order valence-corrected chi connectivity index (χ3v) is 19.1. The van der Waals surface area contributed by atoms with Gasteiger partial charge in [-0.3, -0.25) is 0 Å². The van der Waals surface area contributed by atoms with Crippen LogP contribution in [0.4, 0.5) is 45.5 Å². The van der Waals surface area contributed by atoms with E-state index in [-0.39, 0.29) is 55.6 Å². The number of benzene rings is 6. The van der Waals surface area contributed by atoms with Crippen LogP contribution in [0, 0.1) is 10.8 Å². The lowest BCUT2D eigenvalue weighted by Gasteiger charge is -2.65. The summed E-state index contributed by atoms with van der Waals surface area (Å²) in [4.78, 5) is 8.09. The molecule has 4 aliphatic rings. The molecule has 3 nitrogen and oxygen atoms in total. The van der Waals surface area contributed by atoms with Crippen LogP contribution in [0.2, 0.25) is 0 Å². The number of anilines is 8. The van der Waals surface area contributed by atoms with Crippen molar-refractivity contribution in [1.29, 1.82) is 0 Å². The molecule has 10 rings (SSSR count). The maximum atomic E-state index is 2.83. The van der Waals surface area contributed by atoms with Crippen LogP contribution in [0.25, 0.3) is 0 Å². The van der Waals surface area contributed by atoms with Gasteiger partial charge in [0, 0.05) is 50.9 Å². The monoisotopic (exact) mass is 956 g/mol. The molecule has 0 aromatic heterocycles. The number of hydrogen-bond acceptors (Lipinski definition) is 3. The highest BCUT2D eigenvalue weighted by Crippen LogP contribution is 2.71. The third kappa shape index (κ3) is 7.32. The van der Waals surface area contributed by atoms with E-state index in [4.69, 9.17) is 0 Å². The first-order valence-corrected chi connectivity index (χ1v) is 27.3. The second-order valence-electron chi connectivity index (χ2n) is 29.4. The molecule has 0 spiro atoms. The van der Waals surface area contributed by atoms with Gasteiger partial charge in [0.05, 0.1) is 5.54 Å². The molecule has 1 saturated carbocycles. The van der Waals surface area contributed by atoms with Gasteiger partial charge >= 0.3 is 0 Å². The lowest BCUT2D eigenvalue weighted by molar-refractivity contribution is -0.0415. The van der Waals surface area contributed by atoms with Crippen LogP contribution in [0.15, 0.2) is 115 Å². The van der Waals surface area contributed by atoms with E-state index in [1.54, 1.807) is 0 Å². The molecule has 3 heterocycles. The van der Waals surface area contributed by atoms with E-state index in [0.717, 1.165) is 6.42 Å². The minimum Gasteiger partial charge on any atom is -0.334 e. The Kier molecular flexibility index (Phi) is 10.9. The summed E-state index contributed by atoms with van der Waals surface area (Å²) in [6, 6.07) is 46.7. The molecule has 0 N–H and O–H groups in total. The Labute approximate surface area is 436 Å². The van der Waals surface area contributed by atoms with Crippen molar-refractivity contribution in [3.8, 4) is 0 Å². The molecule has 376 valence electrons. The van der Waals surface area contributed by atoms with Gasteiger partial charge in [-0.1, -0.05) is 193 Å². The number of hydrogen-bond donors (Lipinski definition) is 0. The van der Waals surface area contributed by atoms with Gasteiger partial charge in [-0.15, -0.1) is 0 Å². The summed E-state index contributed by atoms with van der Waals surface area (Å²) in [5.41, 5.74) is 22.1. The van der Waals surface area contributed by atoms with Gasteiger partial charge in [0.25, 0.3) is 6.71 Å². The van der Waals surface area contributed by atoms with E-state index in [0.29, 0.717) is 0 Å². The molecule has 0 amide bonds. The Balaban J connectivity index is 1.31. The van der Waals surface area contributed by atoms with E-state index in [2.05, 4.69) is 275 Å². The SMILES string of the molecule is CC(C)(C)c1ccc(N2c3ccc(C(C)(C)C)cc3B3c4ccc(N5c6ccc(C(C)(C)C)cc6C6(C)C(C)(C)CCC(C)(C)C56C)cc4N(c4ccc(C(C)(C)C)cc4)c4cc(C(C)(C)C)cc2c43)cc1. The van der Waals surface area contributed by atoms with Crippen LogP contribution in [0.5, 0.6) is 0 Å². The van der Waals surface area contributed by atoms with Crippen LogP contribution < -0.4 is 31.1 Å². The van der Waals surface area contributed by atoms with Gasteiger partial charge in [-0.25, -0.2) is 0 Å². The normalized spacial score (nSPS) is 21.2. The zero-order valence-electron chi connectivity index (χ0n) is 48.3. The minimum absolute atomic E-state index is 0.000116. The fraction of sp³-hybridized carbons (Fsp3) is 0.471. The van der Waals surface area contributed by atoms with Crippen LogP contribution in [0.1, 0.15) is 192 Å². The molecule has 6 aromatic rings. The number of fused-ring (bicyclic) bond motifs is 7. The van der Waals surface area contributed by atoms with Crippen molar-refractivity contribution in [1.82, 2.24) is 0 Å². The molecule has 0 bridgehead atoms. The molecule has 3 aliphatic heterocycles. The second-order valence-corrected chi connectivity index (χ2v) is 29.4. The third-order valence-electron chi connectivity index (χ3n) is 19.1. The standard InChI is InChI=1S/C68H86BN3/c1-60(2,3)43-22-28-48(29-23-43)70-55-35-27-46(63(10,11)12)39-53(55)69-52-33-32-50(72-54-34-26-45(62(7,8)9)38-51(54)67(20)65(16,17)36-37-66(18,19)68(67,72)21)42-56(52)71(49-30-24-44(25-31-49)61(4,5)6)58-41-47(64(13,14)15)40-57(70)59(58)69/h22-35,38-42H,36-37H2,1-21H3. The fourth-order valence-electron chi connectivity index (χ4n) is 13.6. The summed E-state index contributed by atoms with van der Waals surface area (Å²) in [5, 5.41) is 0. The minimum atomic E-state index is -0.241. The quantitative estimate of drug-likeness (QED) is 0.163. The molecule has 0 radical (unpaired) electrons. The summed E-state index contributed by atoms with van der Waals surface area (Å²) in [5.74, 6) is 0. The number of rotatable bonds is 3. The smallest absolute Gasteiger partial charge is 0.252 e. The van der Waals surface area contributed by atoms with Crippen molar-refractivity contribution in [2.75, 3.05) is 14.7 Å². The lowest BCUT2D eigenvalue weighted by Crippen LogP contribution is -2.69. The van der Waals surface area contributed by atoms with E-state index >= 15 is 0 Å². The maximum Gasteiger partial charge on any atom is 0.252 e. The number of nitrogens with zero attached hydrogens (tertiary/aromatic N) is 3. The molecule has 2 atom stereocenters. The highest BCUT2D eigenvalue weighted by Gasteiger charge is 2.70. The predicted molar refractivity (Wildman–Crippen MR) is 315 cm³/mol. The van der Waals surface area contributed by atoms with E-state index in [9.17, 15) is 0 Å². The lowest BCUT2D eigenvalue weighted by atomic mass is 9.33. The van der Waals surface area contributed by atoms with Crippen molar-refractivity contribution < 1.29 is 0 Å². The van der Waals surface area contributed by atoms with E-state index in [1.807, 2.05) is 0 Å². The molecule has 0 saturated heterocycles. The molecular formula is C68H86BN3. The Morgan fingerprint density at radius 2 is 0.778 bits per heavy atom. The predicted octanol–water partition coefficient (Wildman–Crippen LogP) is 17.3. The van der Waals surface area contributed by atoms with E-state index < -0.39 is 0 Å². The van der Waals surface area contributed by atoms with Gasteiger partial charge in [0.2, 0.25) is 0 Å². The van der Waals surface area contributed by atoms with Crippen molar-refractivity contribution in [2.45, 2.75) is 196 Å². The van der Waals surface area contributed by atoms with Gasteiger partial charge in [0.15, 0.2) is 0 Å². The zero-order valence-corrected chi connectivity index (χ0v) is 48.3. The molecule has 72 heavy (non-hydrogen) atoms. The second kappa shape index (κ2) is 15.7. The van der Waals surface area contributed by atoms with Crippen LogP contribution >= 0.6 is 0 Å². The summed E-state index contributed by atoms with van der Waals surface area (Å²) < 4.78 is 0. The highest BCUT2D eigenvalue weighted by atomic mass is 15.3. The van der Waals surface area contributed by atoms with Crippen LogP contribution in [-0.4, -0.2) is 12.3 Å². The summed E-state index contributed by atoms with van der Waals surface area (Å²) >= 11 is 0. The maximum absolute atomic E-state index is 2.83. The van der Waals surface area contributed by atoms with Gasteiger partial charge in [0.1, 0.15) is 0 Å². The van der Waals surface area contributed by atoms with Crippen LogP contribution in [0.3, 0.4) is 0 Å². The fourth-order valence-corrected chi connectivity index (χ4v) is 13.6. The molecule has 1 fully saturated rings. The van der Waals surface area contributed by atoms with E-state index in [1.165, 1.54) is 102 Å². The highest BCUT2D eigenvalue weighted by molar-refractivity contribution is 7.00. The largest absolute Gasteiger partial charge is 0.334 e. The Bertz CT molecular complexity index is 3130. The molecule has 6 aromatic carbocycles. The van der Waals surface area contributed by atoms with Gasteiger partial charge in [-0.05, 0) is 168 Å². The average Bonchev–Trinajstić information content (AvgIpc) is 3.50. The molecule has 4 heteroatoms. The topological polar surface area (TPSA) is 9.72 Å². The summed E-state index contributed by atoms with van der Waals surface area (Å²) in [7, 11) is 0. The first-order valence-electron chi connectivity index (χ1n) is 27.3. The Morgan fingerprint density at radius 3 is 1.26 bits per heavy atom. The van der Waals surface area contributed by atoms with Crippen molar-refractivity contribution in [3.63, 3.8) is 0 Å². The summed E-state index contributed by atoms with van der Waals surface area (Å²) in [6.07, 6.45) is 2.35. The average molecular weight is 956 g/mol. The van der Waals surface area contributed by atoms with Crippen molar-refractivity contribution >= 4 is 68.6 Å². The Morgan fingerprint density at radius 1 is 0.361 bits per heavy atom. The molecular weight excluding hydrogens is 870 g/mol. The van der Waals surface area contributed by atoms with Crippen molar-refractivity contribution in [3.05, 3.63) is 149 Å². The molecule has 2 unspecified atom stereocenters.